The molecule has 1 amide bonds. The Morgan fingerprint density at radius 3 is 2.71 bits per heavy atom. The first-order valence-corrected chi connectivity index (χ1v) is 7.25. The number of rotatable bonds is 5. The molecule has 5 heteroatoms. The maximum absolute atomic E-state index is 13.8. The smallest absolute Gasteiger partial charge is 0.259 e. The van der Waals surface area contributed by atoms with Crippen LogP contribution in [0.25, 0.3) is 0 Å². The van der Waals surface area contributed by atoms with Gasteiger partial charge in [0.25, 0.3) is 5.91 Å². The fourth-order valence-corrected chi connectivity index (χ4v) is 2.49. The number of hydrogen-bond acceptors (Lipinski definition) is 2. The minimum absolute atomic E-state index is 0.000885. The number of methoxy groups -OCH3 is 1. The van der Waals surface area contributed by atoms with E-state index in [1.807, 2.05) is 18.2 Å². The molecule has 0 radical (unpaired) electrons. The van der Waals surface area contributed by atoms with Gasteiger partial charge in [-0.05, 0) is 46.1 Å². The molecule has 2 rings (SSSR count). The van der Waals surface area contributed by atoms with Crippen LogP contribution in [-0.4, -0.2) is 19.6 Å². The number of hydrogen-bond donors (Lipinski definition) is 1. The van der Waals surface area contributed by atoms with E-state index >= 15 is 0 Å². The lowest BCUT2D eigenvalue weighted by Gasteiger charge is -2.12. The van der Waals surface area contributed by atoms with Crippen molar-refractivity contribution in [1.82, 2.24) is 0 Å². The van der Waals surface area contributed by atoms with Crippen LogP contribution >= 0.6 is 15.9 Å². The first kappa shape index (κ1) is 15.7. The Balaban J connectivity index is 2.24. The second-order valence-electron chi connectivity index (χ2n) is 4.45. The zero-order valence-corrected chi connectivity index (χ0v) is 13.1. The average Bonchev–Trinajstić information content (AvgIpc) is 2.46. The van der Waals surface area contributed by atoms with E-state index in [0.29, 0.717) is 23.2 Å². The third-order valence-electron chi connectivity index (χ3n) is 3.03. The van der Waals surface area contributed by atoms with E-state index < -0.39 is 11.7 Å². The summed E-state index contributed by atoms with van der Waals surface area (Å²) in [5.41, 5.74) is 1.61. The fraction of sp³-hybridized carbons (Fsp3) is 0.188. The first-order valence-electron chi connectivity index (χ1n) is 6.45. The highest BCUT2D eigenvalue weighted by atomic mass is 79.9. The number of amides is 1. The Kier molecular flexibility index (Phi) is 5.47. The zero-order valence-electron chi connectivity index (χ0n) is 11.5. The van der Waals surface area contributed by atoms with Gasteiger partial charge in [-0.2, -0.15) is 0 Å². The second-order valence-corrected chi connectivity index (χ2v) is 5.31. The number of anilines is 1. The highest BCUT2D eigenvalue weighted by Gasteiger charge is 2.16. The molecule has 0 unspecified atom stereocenters. The maximum Gasteiger partial charge on any atom is 0.259 e. The van der Waals surface area contributed by atoms with E-state index in [4.69, 9.17) is 4.74 Å². The average molecular weight is 352 g/mol. The molecule has 3 nitrogen and oxygen atoms in total. The van der Waals surface area contributed by atoms with Gasteiger partial charge in [-0.15, -0.1) is 0 Å². The monoisotopic (exact) mass is 351 g/mol. The Bertz CT molecular complexity index is 626. The Morgan fingerprint density at radius 2 is 2.00 bits per heavy atom. The van der Waals surface area contributed by atoms with Crippen molar-refractivity contribution in [3.63, 3.8) is 0 Å². The summed E-state index contributed by atoms with van der Waals surface area (Å²) in [4.78, 5) is 12.3. The predicted octanol–water partition coefficient (Wildman–Crippen LogP) is 4.03. The van der Waals surface area contributed by atoms with Crippen LogP contribution in [0, 0.1) is 5.82 Å². The van der Waals surface area contributed by atoms with Crippen LogP contribution in [0.15, 0.2) is 46.9 Å². The topological polar surface area (TPSA) is 38.3 Å². The lowest BCUT2D eigenvalue weighted by Crippen LogP contribution is -2.16. The third kappa shape index (κ3) is 3.89. The summed E-state index contributed by atoms with van der Waals surface area (Å²) < 4.78 is 19.3. The summed E-state index contributed by atoms with van der Waals surface area (Å²) >= 11 is 3.20. The highest BCUT2D eigenvalue weighted by Crippen LogP contribution is 2.22. The van der Waals surface area contributed by atoms with Crippen LogP contribution < -0.4 is 5.32 Å². The van der Waals surface area contributed by atoms with Crippen molar-refractivity contribution in [3.05, 3.63) is 63.9 Å². The van der Waals surface area contributed by atoms with Crippen LogP contribution in [0.1, 0.15) is 15.9 Å². The van der Waals surface area contributed by atoms with Gasteiger partial charge in [0.05, 0.1) is 12.2 Å². The largest absolute Gasteiger partial charge is 0.384 e. The lowest BCUT2D eigenvalue weighted by molar-refractivity contribution is 0.102. The molecule has 110 valence electrons. The molecule has 2 aromatic rings. The number of carbonyl (C=O) groups is 1. The summed E-state index contributed by atoms with van der Waals surface area (Å²) in [6.45, 7) is 0.552. The number of benzene rings is 2. The molecule has 0 spiro atoms. The van der Waals surface area contributed by atoms with E-state index in [9.17, 15) is 9.18 Å². The van der Waals surface area contributed by atoms with Gasteiger partial charge in [0.15, 0.2) is 0 Å². The van der Waals surface area contributed by atoms with Crippen molar-refractivity contribution in [2.75, 3.05) is 19.0 Å². The molecule has 2 aromatic carbocycles. The fourth-order valence-electron chi connectivity index (χ4n) is 1.97. The molecule has 0 aliphatic rings. The predicted molar refractivity (Wildman–Crippen MR) is 84.1 cm³/mol. The molecule has 0 aliphatic carbocycles. The summed E-state index contributed by atoms with van der Waals surface area (Å²) in [5, 5.41) is 2.75. The van der Waals surface area contributed by atoms with Gasteiger partial charge in [-0.25, -0.2) is 4.39 Å². The van der Waals surface area contributed by atoms with E-state index in [1.54, 1.807) is 25.3 Å². The van der Waals surface area contributed by atoms with Crippen LogP contribution in [0.2, 0.25) is 0 Å². The Hall–Kier alpha value is -1.72. The maximum atomic E-state index is 13.8. The molecule has 1 N–H and O–H groups in total. The summed E-state index contributed by atoms with van der Waals surface area (Å²) in [6, 6.07) is 11.8. The van der Waals surface area contributed by atoms with Crippen LogP contribution in [-0.2, 0) is 11.2 Å². The van der Waals surface area contributed by atoms with Crippen LogP contribution in [0.3, 0.4) is 0 Å². The molecular weight excluding hydrogens is 337 g/mol. The zero-order chi connectivity index (χ0) is 15.2. The Labute approximate surface area is 131 Å². The van der Waals surface area contributed by atoms with Crippen molar-refractivity contribution in [2.24, 2.45) is 0 Å². The minimum Gasteiger partial charge on any atom is -0.384 e. The van der Waals surface area contributed by atoms with Crippen molar-refractivity contribution < 1.29 is 13.9 Å². The molecule has 0 saturated heterocycles. The number of ether oxygens (including phenoxy) is 1. The molecule has 0 aliphatic heterocycles. The Morgan fingerprint density at radius 1 is 1.24 bits per heavy atom. The quantitative estimate of drug-likeness (QED) is 0.882. The summed E-state index contributed by atoms with van der Waals surface area (Å²) in [7, 11) is 1.62. The van der Waals surface area contributed by atoms with Crippen molar-refractivity contribution in [3.8, 4) is 0 Å². The first-order chi connectivity index (χ1) is 10.1. The molecule has 0 atom stereocenters. The van der Waals surface area contributed by atoms with Gasteiger partial charge in [-0.1, -0.05) is 24.3 Å². The van der Waals surface area contributed by atoms with Crippen LogP contribution in [0.4, 0.5) is 10.1 Å². The summed E-state index contributed by atoms with van der Waals surface area (Å²) in [5.74, 6) is -1.04. The van der Waals surface area contributed by atoms with E-state index in [0.717, 1.165) is 5.56 Å². The molecule has 0 bridgehead atoms. The number of carbonyl (C=O) groups excluding carboxylic acids is 1. The van der Waals surface area contributed by atoms with Gasteiger partial charge in [-0.3, -0.25) is 4.79 Å². The van der Waals surface area contributed by atoms with Gasteiger partial charge in [0.2, 0.25) is 0 Å². The minimum atomic E-state index is -0.559. The molecule has 0 aromatic heterocycles. The molecule has 21 heavy (non-hydrogen) atoms. The standard InChI is InChI=1S/C16H15BrFNO2/c1-21-10-9-11-5-2-3-8-14(11)19-16(20)15-12(17)6-4-7-13(15)18/h2-8H,9-10H2,1H3,(H,19,20). The van der Waals surface area contributed by atoms with Gasteiger partial charge < -0.3 is 10.1 Å². The highest BCUT2D eigenvalue weighted by molar-refractivity contribution is 9.10. The molecular formula is C16H15BrFNO2. The van der Waals surface area contributed by atoms with Gasteiger partial charge >= 0.3 is 0 Å². The van der Waals surface area contributed by atoms with Crippen molar-refractivity contribution in [1.29, 1.82) is 0 Å². The van der Waals surface area contributed by atoms with Gasteiger partial charge in [0, 0.05) is 17.3 Å². The van der Waals surface area contributed by atoms with Gasteiger partial charge in [0.1, 0.15) is 5.82 Å². The van der Waals surface area contributed by atoms with Crippen molar-refractivity contribution in [2.45, 2.75) is 6.42 Å². The number of nitrogens with one attached hydrogen (secondary N) is 1. The third-order valence-corrected chi connectivity index (χ3v) is 3.69. The van der Waals surface area contributed by atoms with E-state index in [2.05, 4.69) is 21.2 Å². The van der Waals surface area contributed by atoms with E-state index in [1.165, 1.54) is 6.07 Å². The van der Waals surface area contributed by atoms with E-state index in [-0.39, 0.29) is 5.56 Å². The van der Waals surface area contributed by atoms with Crippen molar-refractivity contribution >= 4 is 27.5 Å². The van der Waals surface area contributed by atoms with Crippen LogP contribution in [0.5, 0.6) is 0 Å². The lowest BCUT2D eigenvalue weighted by atomic mass is 10.1. The summed E-state index contributed by atoms with van der Waals surface area (Å²) in [6.07, 6.45) is 0.672. The number of para-hydroxylation sites is 1. The number of halogens is 2. The molecule has 0 saturated carbocycles. The molecule has 0 fully saturated rings. The normalized spacial score (nSPS) is 10.4. The molecule has 0 heterocycles. The SMILES string of the molecule is COCCc1ccccc1NC(=O)c1c(F)cccc1Br. The second kappa shape index (κ2) is 7.33.